The molecule has 1 amide bonds. The standard InChI is InChI=1S/C23H18ClF4N3O6/c1-2-16(31-9-29-14-4-3-10(24)5-11(14)23(31)36)22(35)30-15(7-18(33)34)17(32)8-37-21-19(27)12(25)6-13(26)20(21)28/h3-6,9,15-16H,2,7-8H2,1H3,(H,30,35)(H,33,34)/t15-,16-/m0/s1. The minimum atomic E-state index is -1.90. The lowest BCUT2D eigenvalue weighted by Crippen LogP contribution is -2.48. The summed E-state index contributed by atoms with van der Waals surface area (Å²) in [5, 5.41) is 11.7. The Morgan fingerprint density at radius 2 is 1.78 bits per heavy atom. The summed E-state index contributed by atoms with van der Waals surface area (Å²) >= 11 is 5.93. The van der Waals surface area contributed by atoms with Crippen LogP contribution in [-0.2, 0) is 14.4 Å². The van der Waals surface area contributed by atoms with Crippen LogP contribution in [0.3, 0.4) is 0 Å². The maximum atomic E-state index is 13.8. The zero-order valence-corrected chi connectivity index (χ0v) is 19.7. The van der Waals surface area contributed by atoms with Crippen molar-refractivity contribution in [2.24, 2.45) is 0 Å². The van der Waals surface area contributed by atoms with Crippen molar-refractivity contribution in [2.75, 3.05) is 6.61 Å². The van der Waals surface area contributed by atoms with E-state index in [4.69, 9.17) is 16.7 Å². The third-order valence-corrected chi connectivity index (χ3v) is 5.52. The fraction of sp³-hybridized carbons (Fsp3) is 0.261. The molecule has 0 saturated carbocycles. The number of nitrogens with zero attached hydrogens (tertiary/aromatic N) is 2. The van der Waals surface area contributed by atoms with Crippen LogP contribution in [0.5, 0.6) is 5.75 Å². The fourth-order valence-corrected chi connectivity index (χ4v) is 3.62. The van der Waals surface area contributed by atoms with Crippen LogP contribution < -0.4 is 15.6 Å². The summed E-state index contributed by atoms with van der Waals surface area (Å²) in [7, 11) is 0. The number of hydrogen-bond donors (Lipinski definition) is 2. The van der Waals surface area contributed by atoms with Crippen molar-refractivity contribution in [1.29, 1.82) is 0 Å². The van der Waals surface area contributed by atoms with Gasteiger partial charge in [-0.15, -0.1) is 0 Å². The minimum absolute atomic E-state index is 0.0168. The lowest BCUT2D eigenvalue weighted by molar-refractivity contribution is -0.140. The summed E-state index contributed by atoms with van der Waals surface area (Å²) in [6.45, 7) is 0.307. The molecule has 3 rings (SSSR count). The zero-order valence-electron chi connectivity index (χ0n) is 18.9. The van der Waals surface area contributed by atoms with E-state index in [0.29, 0.717) is 5.52 Å². The van der Waals surface area contributed by atoms with E-state index >= 15 is 0 Å². The van der Waals surface area contributed by atoms with Crippen molar-refractivity contribution in [2.45, 2.75) is 31.8 Å². The first-order chi connectivity index (χ1) is 17.4. The molecule has 2 atom stereocenters. The largest absolute Gasteiger partial charge is 0.481 e. The van der Waals surface area contributed by atoms with Crippen LogP contribution in [0.25, 0.3) is 10.9 Å². The molecule has 0 bridgehead atoms. The number of ketones is 1. The molecule has 3 aromatic rings. The van der Waals surface area contributed by atoms with Crippen LogP contribution in [-0.4, -0.2) is 45.0 Å². The number of carbonyl (C=O) groups is 3. The van der Waals surface area contributed by atoms with E-state index in [0.717, 1.165) is 10.9 Å². The monoisotopic (exact) mass is 543 g/mol. The highest BCUT2D eigenvalue weighted by atomic mass is 35.5. The van der Waals surface area contributed by atoms with E-state index in [1.165, 1.54) is 18.2 Å². The molecule has 0 fully saturated rings. The molecule has 1 heterocycles. The number of nitrogens with one attached hydrogen (secondary N) is 1. The van der Waals surface area contributed by atoms with Crippen LogP contribution in [0.2, 0.25) is 5.02 Å². The number of carboxylic acids is 1. The van der Waals surface area contributed by atoms with Crippen molar-refractivity contribution in [3.8, 4) is 5.75 Å². The van der Waals surface area contributed by atoms with E-state index < -0.39 is 77.3 Å². The van der Waals surface area contributed by atoms with E-state index in [2.05, 4.69) is 15.0 Å². The topological polar surface area (TPSA) is 128 Å². The van der Waals surface area contributed by atoms with Crippen LogP contribution in [0.15, 0.2) is 35.4 Å². The lowest BCUT2D eigenvalue weighted by Gasteiger charge is -2.22. The number of aliphatic carboxylic acids is 1. The highest BCUT2D eigenvalue weighted by molar-refractivity contribution is 6.31. The average molecular weight is 544 g/mol. The Morgan fingerprint density at radius 3 is 2.38 bits per heavy atom. The number of carboxylic acid groups (broad SMARTS) is 1. The highest BCUT2D eigenvalue weighted by Crippen LogP contribution is 2.26. The fourth-order valence-electron chi connectivity index (χ4n) is 3.45. The lowest BCUT2D eigenvalue weighted by atomic mass is 10.1. The molecule has 2 aromatic carbocycles. The first kappa shape index (κ1) is 27.6. The van der Waals surface area contributed by atoms with Crippen LogP contribution in [0.1, 0.15) is 25.8 Å². The average Bonchev–Trinajstić information content (AvgIpc) is 2.84. The Hall–Kier alpha value is -4.00. The van der Waals surface area contributed by atoms with Gasteiger partial charge in [-0.3, -0.25) is 23.7 Å². The predicted molar refractivity (Wildman–Crippen MR) is 121 cm³/mol. The number of hydrogen-bond acceptors (Lipinski definition) is 6. The molecule has 2 N–H and O–H groups in total. The first-order valence-corrected chi connectivity index (χ1v) is 11.0. The molecule has 0 unspecified atom stereocenters. The minimum Gasteiger partial charge on any atom is -0.481 e. The van der Waals surface area contributed by atoms with Gasteiger partial charge in [-0.2, -0.15) is 8.78 Å². The molecule has 37 heavy (non-hydrogen) atoms. The van der Waals surface area contributed by atoms with Gasteiger partial charge in [0.2, 0.25) is 17.5 Å². The van der Waals surface area contributed by atoms with Gasteiger partial charge in [0.25, 0.3) is 5.56 Å². The van der Waals surface area contributed by atoms with Gasteiger partial charge in [-0.25, -0.2) is 13.8 Å². The number of ether oxygens (including phenoxy) is 1. The zero-order chi connectivity index (χ0) is 27.4. The SMILES string of the molecule is CC[C@@H](C(=O)N[C@@H](CC(=O)O)C(=O)COc1c(F)c(F)cc(F)c1F)n1cnc2ccc(Cl)cc2c1=O. The van der Waals surface area contributed by atoms with Crippen molar-refractivity contribution >= 4 is 40.2 Å². The third kappa shape index (κ3) is 6.05. The highest BCUT2D eigenvalue weighted by Gasteiger charge is 2.30. The summed E-state index contributed by atoms with van der Waals surface area (Å²) in [6.07, 6.45) is 0.157. The molecular formula is C23H18ClF4N3O6. The molecule has 9 nitrogen and oxygen atoms in total. The molecule has 0 aliphatic rings. The summed E-state index contributed by atoms with van der Waals surface area (Å²) < 4.78 is 59.9. The number of halogens is 5. The molecule has 0 aliphatic heterocycles. The van der Waals surface area contributed by atoms with Gasteiger partial charge in [-0.1, -0.05) is 18.5 Å². The van der Waals surface area contributed by atoms with E-state index in [9.17, 15) is 36.7 Å². The Balaban J connectivity index is 1.84. The third-order valence-electron chi connectivity index (χ3n) is 5.28. The summed E-state index contributed by atoms with van der Waals surface area (Å²) in [5.74, 6) is -12.5. The van der Waals surface area contributed by atoms with Gasteiger partial charge < -0.3 is 15.2 Å². The van der Waals surface area contributed by atoms with Gasteiger partial charge in [0, 0.05) is 11.1 Å². The normalized spacial score (nSPS) is 12.7. The van der Waals surface area contributed by atoms with Crippen molar-refractivity contribution in [1.82, 2.24) is 14.9 Å². The summed E-state index contributed by atoms with van der Waals surface area (Å²) in [4.78, 5) is 53.8. The number of carbonyl (C=O) groups excluding carboxylic acids is 2. The molecule has 0 saturated heterocycles. The van der Waals surface area contributed by atoms with Gasteiger partial charge in [-0.05, 0) is 24.6 Å². The molecule has 0 aliphatic carbocycles. The maximum Gasteiger partial charge on any atom is 0.305 e. The van der Waals surface area contributed by atoms with E-state index in [-0.39, 0.29) is 22.9 Å². The molecular weight excluding hydrogens is 526 g/mol. The Morgan fingerprint density at radius 1 is 1.14 bits per heavy atom. The Kier molecular flexibility index (Phi) is 8.48. The Bertz CT molecular complexity index is 1420. The predicted octanol–water partition coefficient (Wildman–Crippen LogP) is 3.17. The van der Waals surface area contributed by atoms with E-state index in [1.54, 1.807) is 6.92 Å². The number of fused-ring (bicyclic) bond motifs is 1. The number of Topliss-reactive ketones (excluding diaryl/α,β-unsaturated/α-hetero) is 1. The second kappa shape index (κ2) is 11.4. The van der Waals surface area contributed by atoms with Crippen molar-refractivity contribution in [3.63, 3.8) is 0 Å². The van der Waals surface area contributed by atoms with Gasteiger partial charge >= 0.3 is 5.97 Å². The molecule has 0 spiro atoms. The maximum absolute atomic E-state index is 13.8. The van der Waals surface area contributed by atoms with Gasteiger partial charge in [0.1, 0.15) is 18.7 Å². The molecule has 196 valence electrons. The summed E-state index contributed by atoms with van der Waals surface area (Å²) in [5.41, 5.74) is -0.316. The number of amides is 1. The molecule has 14 heteroatoms. The van der Waals surface area contributed by atoms with Crippen molar-refractivity contribution in [3.05, 3.63) is 69.2 Å². The second-order valence-electron chi connectivity index (χ2n) is 7.75. The van der Waals surface area contributed by atoms with Crippen LogP contribution >= 0.6 is 11.6 Å². The first-order valence-electron chi connectivity index (χ1n) is 10.6. The summed E-state index contributed by atoms with van der Waals surface area (Å²) in [6, 6.07) is 1.31. The molecule has 0 radical (unpaired) electrons. The number of aromatic nitrogens is 2. The van der Waals surface area contributed by atoms with Gasteiger partial charge in [0.05, 0.1) is 23.7 Å². The van der Waals surface area contributed by atoms with E-state index in [1.807, 2.05) is 0 Å². The number of benzene rings is 2. The molecule has 1 aromatic heterocycles. The van der Waals surface area contributed by atoms with Crippen molar-refractivity contribution < 1.29 is 41.8 Å². The van der Waals surface area contributed by atoms with Gasteiger partial charge in [0.15, 0.2) is 23.2 Å². The van der Waals surface area contributed by atoms with Crippen LogP contribution in [0, 0.1) is 23.3 Å². The van der Waals surface area contributed by atoms with Crippen LogP contribution in [0.4, 0.5) is 17.6 Å². The smallest absolute Gasteiger partial charge is 0.305 e. The number of rotatable bonds is 10. The second-order valence-corrected chi connectivity index (χ2v) is 8.19. The quantitative estimate of drug-likeness (QED) is 0.297. The Labute approximate surface area is 210 Å².